The van der Waals surface area contributed by atoms with Crippen LogP contribution in [0.4, 0.5) is 0 Å². The molecule has 3 nitrogen and oxygen atoms in total. The molecule has 0 amide bonds. The molecule has 2 rings (SSSR count). The molecular formula is C22H25NO2S. The molecule has 2 aromatic rings. The molecule has 0 aromatic heterocycles. The Bertz CT molecular complexity index is 757. The Morgan fingerprint density at radius 3 is 2.35 bits per heavy atom. The minimum atomic E-state index is -0.310. The fourth-order valence-electron chi connectivity index (χ4n) is 2.67. The molecule has 0 bridgehead atoms. The Morgan fingerprint density at radius 1 is 1.12 bits per heavy atom. The topological polar surface area (TPSA) is 38.7 Å². The van der Waals surface area contributed by atoms with E-state index in [2.05, 4.69) is 55.3 Å². The van der Waals surface area contributed by atoms with Crippen LogP contribution in [0.2, 0.25) is 0 Å². The Hall–Kier alpha value is -2.29. The van der Waals surface area contributed by atoms with Crippen molar-refractivity contribution in [1.29, 1.82) is 0 Å². The van der Waals surface area contributed by atoms with Gasteiger partial charge in [0.05, 0.1) is 23.9 Å². The van der Waals surface area contributed by atoms with Crippen molar-refractivity contribution >= 4 is 23.3 Å². The van der Waals surface area contributed by atoms with Crippen LogP contribution in [0.1, 0.15) is 42.3 Å². The van der Waals surface area contributed by atoms with E-state index in [1.54, 1.807) is 0 Å². The van der Waals surface area contributed by atoms with Crippen LogP contribution in [-0.2, 0) is 16.6 Å². The molecule has 0 fully saturated rings. The van der Waals surface area contributed by atoms with E-state index in [1.165, 1.54) is 11.1 Å². The first-order valence-corrected chi connectivity index (χ1v) is 9.16. The van der Waals surface area contributed by atoms with E-state index in [-0.39, 0.29) is 17.3 Å². The van der Waals surface area contributed by atoms with Gasteiger partial charge in [-0.1, -0.05) is 63.2 Å². The minimum Gasteiger partial charge on any atom is -0.462 e. The third kappa shape index (κ3) is 6.21. The van der Waals surface area contributed by atoms with E-state index in [0.29, 0.717) is 18.7 Å². The number of thiocarbonyl (C=S) groups is 1. The highest BCUT2D eigenvalue weighted by atomic mass is 32.1. The number of isothiocyanates is 1. The third-order valence-electron chi connectivity index (χ3n) is 4.22. The fourth-order valence-corrected chi connectivity index (χ4v) is 2.75. The van der Waals surface area contributed by atoms with E-state index < -0.39 is 0 Å². The van der Waals surface area contributed by atoms with Crippen molar-refractivity contribution in [3.8, 4) is 0 Å². The molecule has 0 heterocycles. The summed E-state index contributed by atoms with van der Waals surface area (Å²) in [7, 11) is 0. The van der Waals surface area contributed by atoms with Gasteiger partial charge in [0.25, 0.3) is 0 Å². The van der Waals surface area contributed by atoms with Gasteiger partial charge in [0.1, 0.15) is 0 Å². The van der Waals surface area contributed by atoms with Crippen LogP contribution >= 0.6 is 12.2 Å². The van der Waals surface area contributed by atoms with Gasteiger partial charge < -0.3 is 4.74 Å². The largest absolute Gasteiger partial charge is 0.462 e. The number of ether oxygens (including phenoxy) is 1. The highest BCUT2D eigenvalue weighted by Crippen LogP contribution is 2.22. The van der Waals surface area contributed by atoms with Crippen LogP contribution in [0, 0.1) is 5.92 Å². The van der Waals surface area contributed by atoms with Gasteiger partial charge in [-0.05, 0) is 47.3 Å². The zero-order chi connectivity index (χ0) is 19.0. The first-order valence-electron chi connectivity index (χ1n) is 8.75. The molecule has 26 heavy (non-hydrogen) atoms. The van der Waals surface area contributed by atoms with Crippen LogP contribution in [0.3, 0.4) is 0 Å². The number of hydrogen-bond donors (Lipinski definition) is 0. The van der Waals surface area contributed by atoms with Crippen LogP contribution in [0.5, 0.6) is 0 Å². The maximum atomic E-state index is 12.3. The number of carbonyl (C=O) groups excluding carboxylic acids is 1. The second kappa shape index (κ2) is 9.42. The lowest BCUT2D eigenvalue weighted by Crippen LogP contribution is -2.19. The average Bonchev–Trinajstić information content (AvgIpc) is 2.64. The van der Waals surface area contributed by atoms with Gasteiger partial charge in [0.15, 0.2) is 0 Å². The zero-order valence-corrected chi connectivity index (χ0v) is 16.4. The quantitative estimate of drug-likeness (QED) is 0.388. The molecule has 0 radical (unpaired) electrons. The molecule has 4 heteroatoms. The number of hydrogen-bond acceptors (Lipinski definition) is 4. The monoisotopic (exact) mass is 367 g/mol. The van der Waals surface area contributed by atoms with Crippen LogP contribution in [-0.4, -0.2) is 24.3 Å². The smallest absolute Gasteiger partial charge is 0.338 e. The van der Waals surface area contributed by atoms with Crippen LogP contribution in [0.15, 0.2) is 59.6 Å². The number of esters is 1. The van der Waals surface area contributed by atoms with Crippen LogP contribution < -0.4 is 0 Å². The molecule has 0 aliphatic carbocycles. The molecular weight excluding hydrogens is 342 g/mol. The van der Waals surface area contributed by atoms with Crippen molar-refractivity contribution in [1.82, 2.24) is 0 Å². The van der Waals surface area contributed by atoms with E-state index in [1.807, 2.05) is 42.5 Å². The second-order valence-electron chi connectivity index (χ2n) is 7.41. The number of rotatable bonds is 7. The van der Waals surface area contributed by atoms with Crippen molar-refractivity contribution in [2.75, 3.05) is 13.2 Å². The lowest BCUT2D eigenvalue weighted by molar-refractivity contribution is 0.0444. The Labute approximate surface area is 161 Å². The third-order valence-corrected chi connectivity index (χ3v) is 4.35. The van der Waals surface area contributed by atoms with E-state index in [9.17, 15) is 4.79 Å². The van der Waals surface area contributed by atoms with Gasteiger partial charge in [-0.2, -0.15) is 0 Å². The normalized spacial score (nSPS) is 12.1. The van der Waals surface area contributed by atoms with Crippen molar-refractivity contribution in [2.45, 2.75) is 32.6 Å². The second-order valence-corrected chi connectivity index (χ2v) is 7.60. The van der Waals surface area contributed by atoms with Gasteiger partial charge >= 0.3 is 5.97 Å². The molecule has 0 aliphatic heterocycles. The number of aliphatic imine (C=N–C) groups is 1. The fraction of sp³-hybridized carbons (Fsp3) is 0.364. The Balaban J connectivity index is 1.98. The summed E-state index contributed by atoms with van der Waals surface area (Å²) >= 11 is 4.67. The van der Waals surface area contributed by atoms with Gasteiger partial charge in [0, 0.05) is 5.92 Å². The Kier molecular flexibility index (Phi) is 7.26. The first kappa shape index (κ1) is 20.0. The van der Waals surface area contributed by atoms with E-state index in [4.69, 9.17) is 4.74 Å². The molecule has 0 saturated heterocycles. The summed E-state index contributed by atoms with van der Waals surface area (Å²) in [6, 6.07) is 17.7. The first-order chi connectivity index (χ1) is 12.4. The molecule has 1 unspecified atom stereocenters. The predicted molar refractivity (Wildman–Crippen MR) is 109 cm³/mol. The molecule has 0 saturated carbocycles. The summed E-state index contributed by atoms with van der Waals surface area (Å²) in [4.78, 5) is 16.4. The summed E-state index contributed by atoms with van der Waals surface area (Å²) < 4.78 is 5.52. The average molecular weight is 368 g/mol. The predicted octanol–water partition coefficient (Wildman–Crippen LogP) is 5.10. The number of nitrogens with zero attached hydrogens (tertiary/aromatic N) is 1. The minimum absolute atomic E-state index is 0.0575. The highest BCUT2D eigenvalue weighted by molar-refractivity contribution is 7.78. The molecule has 0 aliphatic rings. The Morgan fingerprint density at radius 2 is 1.77 bits per heavy atom. The zero-order valence-electron chi connectivity index (χ0n) is 15.6. The van der Waals surface area contributed by atoms with E-state index in [0.717, 1.165) is 6.42 Å². The van der Waals surface area contributed by atoms with Crippen molar-refractivity contribution in [3.63, 3.8) is 0 Å². The number of benzene rings is 2. The molecule has 2 aromatic carbocycles. The van der Waals surface area contributed by atoms with Crippen molar-refractivity contribution in [2.24, 2.45) is 10.9 Å². The van der Waals surface area contributed by atoms with Gasteiger partial charge in [-0.15, -0.1) is 0 Å². The number of carbonyl (C=O) groups is 1. The van der Waals surface area contributed by atoms with Crippen molar-refractivity contribution in [3.05, 3.63) is 71.3 Å². The summed E-state index contributed by atoms with van der Waals surface area (Å²) in [6.45, 7) is 7.23. The molecule has 136 valence electrons. The maximum Gasteiger partial charge on any atom is 0.338 e. The SMILES string of the molecule is CC(C)(C)c1ccc(C(=O)OCC(CN=C=S)Cc2ccccc2)cc1. The lowest BCUT2D eigenvalue weighted by atomic mass is 9.87. The standard InChI is InChI=1S/C22H25NO2S/c1-22(2,3)20-11-9-19(10-12-20)21(24)25-15-18(14-23-16-26)13-17-7-5-4-6-8-17/h4-12,18H,13-15H2,1-3H3. The van der Waals surface area contributed by atoms with Crippen molar-refractivity contribution < 1.29 is 9.53 Å². The maximum absolute atomic E-state index is 12.3. The van der Waals surface area contributed by atoms with Gasteiger partial charge in [-0.3, -0.25) is 0 Å². The summed E-state index contributed by atoms with van der Waals surface area (Å²) in [5.74, 6) is -0.236. The van der Waals surface area contributed by atoms with Gasteiger partial charge in [-0.25, -0.2) is 9.79 Å². The summed E-state index contributed by atoms with van der Waals surface area (Å²) in [5, 5.41) is 2.39. The van der Waals surface area contributed by atoms with E-state index >= 15 is 0 Å². The lowest BCUT2D eigenvalue weighted by Gasteiger charge is -2.19. The highest BCUT2D eigenvalue weighted by Gasteiger charge is 2.16. The summed E-state index contributed by atoms with van der Waals surface area (Å²) in [6.07, 6.45) is 0.775. The molecule has 0 N–H and O–H groups in total. The summed E-state index contributed by atoms with van der Waals surface area (Å²) in [5.41, 5.74) is 2.99. The van der Waals surface area contributed by atoms with Crippen LogP contribution in [0.25, 0.3) is 0 Å². The molecule has 0 spiro atoms. The van der Waals surface area contributed by atoms with Gasteiger partial charge in [0.2, 0.25) is 0 Å². The molecule has 1 atom stereocenters.